The zero-order chi connectivity index (χ0) is 30.6. The van der Waals surface area contributed by atoms with Gasteiger partial charge in [0, 0.05) is 13.0 Å². The average molecular weight is 572 g/mol. The molecule has 0 aromatic heterocycles. The molecule has 0 aromatic carbocycles. The molecule has 1 aliphatic heterocycles. The summed E-state index contributed by atoms with van der Waals surface area (Å²) in [6, 6.07) is -3.08. The highest BCUT2D eigenvalue weighted by Crippen LogP contribution is 2.08. The molecule has 0 aromatic rings. The lowest BCUT2D eigenvalue weighted by atomic mass is 10.0. The normalized spacial score (nSPS) is 18.2. The van der Waals surface area contributed by atoms with Gasteiger partial charge in [0.15, 0.2) is 0 Å². The highest BCUT2D eigenvalue weighted by molar-refractivity contribution is 5.96. The zero-order valence-electron chi connectivity index (χ0n) is 23.2. The Labute approximate surface area is 231 Å². The van der Waals surface area contributed by atoms with Crippen molar-refractivity contribution in [3.8, 4) is 0 Å². The van der Waals surface area contributed by atoms with Gasteiger partial charge in [0.25, 0.3) is 0 Å². The molecule has 4 atom stereocenters. The molecule has 0 saturated carbocycles. The molecule has 1 fully saturated rings. The van der Waals surface area contributed by atoms with Crippen LogP contribution in [0.5, 0.6) is 0 Å². The molecule has 0 aliphatic carbocycles. The first-order valence-electron chi connectivity index (χ1n) is 12.9. The van der Waals surface area contributed by atoms with E-state index in [1.54, 1.807) is 13.8 Å². The van der Waals surface area contributed by atoms with E-state index in [2.05, 4.69) is 31.9 Å². The Morgan fingerprint density at radius 3 is 2.05 bits per heavy atom. The Balaban J connectivity index is 2.70. The van der Waals surface area contributed by atoms with Gasteiger partial charge in [-0.25, -0.2) is 4.79 Å². The number of carbonyl (C=O) groups excluding carboxylic acids is 6. The quantitative estimate of drug-likeness (QED) is 0.0872. The second kappa shape index (κ2) is 15.7. The Morgan fingerprint density at radius 2 is 1.55 bits per heavy atom. The lowest BCUT2D eigenvalue weighted by Gasteiger charge is -2.28. The summed E-state index contributed by atoms with van der Waals surface area (Å²) in [4.78, 5) is 84.9. The summed E-state index contributed by atoms with van der Waals surface area (Å²) in [7, 11) is 0. The van der Waals surface area contributed by atoms with Crippen LogP contribution in [0.4, 0.5) is 0 Å². The number of nitrogens with one attached hydrogen (secondary N) is 6. The average Bonchev–Trinajstić information content (AvgIpc) is 3.28. The number of aliphatic hydroxyl groups is 1. The van der Waals surface area contributed by atoms with Crippen molar-refractivity contribution in [3.63, 3.8) is 0 Å². The third kappa shape index (κ3) is 12.4. The number of rotatable bonds is 16. The third-order valence-corrected chi connectivity index (χ3v) is 5.93. The summed E-state index contributed by atoms with van der Waals surface area (Å²) < 4.78 is 0. The van der Waals surface area contributed by atoms with E-state index in [-0.39, 0.29) is 38.1 Å². The molecule has 10 N–H and O–H groups in total. The van der Waals surface area contributed by atoms with Crippen molar-refractivity contribution in [2.24, 2.45) is 11.7 Å². The molecular weight excluding hydrogens is 530 g/mol. The Kier molecular flexibility index (Phi) is 13.4. The summed E-state index contributed by atoms with van der Waals surface area (Å²) in [5.41, 5.74) is 3.58. The maximum absolute atomic E-state index is 12.9. The van der Waals surface area contributed by atoms with Crippen molar-refractivity contribution in [2.75, 3.05) is 19.6 Å². The van der Waals surface area contributed by atoms with Crippen molar-refractivity contribution >= 4 is 41.4 Å². The predicted molar refractivity (Wildman–Crippen MR) is 140 cm³/mol. The number of β-amino-alcohol motifs (C(OH)–C–C–N with tert-alkyl or cyclic N) is 1. The molecule has 1 heterocycles. The van der Waals surface area contributed by atoms with E-state index in [4.69, 9.17) is 5.73 Å². The lowest BCUT2D eigenvalue weighted by molar-refractivity contribution is -0.142. The number of carbonyl (C=O) groups is 7. The first-order valence-corrected chi connectivity index (χ1v) is 12.9. The van der Waals surface area contributed by atoms with Crippen molar-refractivity contribution < 1.29 is 43.8 Å². The number of hydrogen-bond donors (Lipinski definition) is 9. The molecule has 1 saturated heterocycles. The first kappa shape index (κ1) is 34.2. The highest BCUT2D eigenvalue weighted by atomic mass is 16.4. The number of carboxylic acid groups (broad SMARTS) is 1. The number of aliphatic hydroxyl groups excluding tert-OH is 1. The molecule has 226 valence electrons. The van der Waals surface area contributed by atoms with Gasteiger partial charge < -0.3 is 47.8 Å². The minimum Gasteiger partial charge on any atom is -0.480 e. The molecule has 16 heteroatoms. The van der Waals surface area contributed by atoms with E-state index in [0.29, 0.717) is 0 Å². The minimum atomic E-state index is -1.58. The molecule has 16 nitrogen and oxygen atoms in total. The van der Waals surface area contributed by atoms with E-state index < -0.39 is 84.3 Å². The summed E-state index contributed by atoms with van der Waals surface area (Å²) >= 11 is 0. The largest absolute Gasteiger partial charge is 0.480 e. The van der Waals surface area contributed by atoms with Gasteiger partial charge in [-0.15, -0.1) is 0 Å². The Hall–Kier alpha value is -3.79. The van der Waals surface area contributed by atoms with Crippen LogP contribution in [0, 0.1) is 5.92 Å². The first-order chi connectivity index (χ1) is 18.5. The van der Waals surface area contributed by atoms with Gasteiger partial charge in [-0.05, 0) is 39.0 Å². The van der Waals surface area contributed by atoms with Gasteiger partial charge in [0.1, 0.15) is 17.6 Å². The van der Waals surface area contributed by atoms with Crippen LogP contribution in [-0.4, -0.2) is 101 Å². The fourth-order valence-corrected chi connectivity index (χ4v) is 3.78. The number of primary amides is 1. The third-order valence-electron chi connectivity index (χ3n) is 5.93. The van der Waals surface area contributed by atoms with Crippen molar-refractivity contribution in [3.05, 3.63) is 0 Å². The molecule has 1 aliphatic rings. The minimum absolute atomic E-state index is 0.00253. The van der Waals surface area contributed by atoms with E-state index in [0.717, 1.165) is 0 Å². The lowest BCUT2D eigenvalue weighted by Crippen LogP contribution is -2.60. The van der Waals surface area contributed by atoms with E-state index in [1.165, 1.54) is 13.8 Å². The van der Waals surface area contributed by atoms with Crippen LogP contribution in [0.1, 0.15) is 53.4 Å². The number of aliphatic carboxylic acids is 1. The second-order valence-corrected chi connectivity index (χ2v) is 10.6. The van der Waals surface area contributed by atoms with Gasteiger partial charge in [0.05, 0.1) is 25.2 Å². The number of nitrogens with two attached hydrogens (primary N) is 1. The van der Waals surface area contributed by atoms with Crippen LogP contribution in [0.25, 0.3) is 0 Å². The predicted octanol–water partition coefficient (Wildman–Crippen LogP) is -3.80. The van der Waals surface area contributed by atoms with Crippen LogP contribution < -0.4 is 37.6 Å². The zero-order valence-corrected chi connectivity index (χ0v) is 23.2. The van der Waals surface area contributed by atoms with Gasteiger partial charge in [0.2, 0.25) is 35.4 Å². The fraction of sp³-hybridized carbons (Fsp3) is 0.708. The number of carboxylic acids is 1. The molecule has 40 heavy (non-hydrogen) atoms. The molecule has 0 unspecified atom stereocenters. The molecule has 0 radical (unpaired) electrons. The van der Waals surface area contributed by atoms with Crippen molar-refractivity contribution in [2.45, 2.75) is 83.1 Å². The maximum atomic E-state index is 12.9. The van der Waals surface area contributed by atoms with E-state index in [1.807, 2.05) is 0 Å². The summed E-state index contributed by atoms with van der Waals surface area (Å²) in [5, 5.41) is 33.4. The van der Waals surface area contributed by atoms with Gasteiger partial charge in [-0.2, -0.15) is 0 Å². The second-order valence-electron chi connectivity index (χ2n) is 10.6. The highest BCUT2D eigenvalue weighted by Gasteiger charge is 2.34. The summed E-state index contributed by atoms with van der Waals surface area (Å²) in [5.74, 6) is -5.53. The summed E-state index contributed by atoms with van der Waals surface area (Å²) in [6.45, 7) is 5.48. The van der Waals surface area contributed by atoms with Gasteiger partial charge in [-0.3, -0.25) is 28.8 Å². The maximum Gasteiger partial charge on any atom is 0.326 e. The molecule has 0 bridgehead atoms. The van der Waals surface area contributed by atoms with Crippen molar-refractivity contribution in [1.82, 2.24) is 31.9 Å². The molecule has 0 spiro atoms. The molecule has 6 amide bonds. The molecule has 1 rings (SSSR count). The molecular formula is C24H41N7O9. The van der Waals surface area contributed by atoms with Gasteiger partial charge in [-0.1, -0.05) is 13.8 Å². The Bertz CT molecular complexity index is 970. The van der Waals surface area contributed by atoms with Crippen LogP contribution in [0.3, 0.4) is 0 Å². The van der Waals surface area contributed by atoms with Crippen LogP contribution in [0.15, 0.2) is 0 Å². The van der Waals surface area contributed by atoms with Crippen LogP contribution >= 0.6 is 0 Å². The van der Waals surface area contributed by atoms with Crippen LogP contribution in [0.2, 0.25) is 0 Å². The smallest absolute Gasteiger partial charge is 0.326 e. The standard InChI is InChI=1S/C24H41N7O9/c1-12(2)7-16(22(38)39)30-19(35)11-28-23(40)24(3,4)31-21(37)14(5-6-17(25)33)29-18(34)10-27-20(36)15-8-13(32)9-26-15/h12-16,26,32H,5-11H2,1-4H3,(H2,25,33)(H,27,36)(H,28,40)(H,29,34)(H,30,35)(H,31,37)(H,38,39)/t13-,14+,15+,16+/m1/s1. The monoisotopic (exact) mass is 571 g/mol. The number of amides is 6. The topological polar surface area (TPSA) is 258 Å². The number of hydrogen-bond acceptors (Lipinski definition) is 9. The SMILES string of the molecule is CC(C)C[C@H](NC(=O)CNC(=O)C(C)(C)NC(=O)[C@H](CCC(N)=O)NC(=O)CNC(=O)[C@@H]1C[C@@H](O)CN1)C(=O)O. The van der Waals surface area contributed by atoms with Crippen LogP contribution in [-0.2, 0) is 33.6 Å². The van der Waals surface area contributed by atoms with E-state index in [9.17, 15) is 43.8 Å². The summed E-state index contributed by atoms with van der Waals surface area (Å²) in [6.07, 6.45) is -0.743. The van der Waals surface area contributed by atoms with Crippen molar-refractivity contribution in [1.29, 1.82) is 0 Å². The van der Waals surface area contributed by atoms with Gasteiger partial charge >= 0.3 is 5.97 Å². The fourth-order valence-electron chi connectivity index (χ4n) is 3.78. The van der Waals surface area contributed by atoms with E-state index >= 15 is 0 Å². The Morgan fingerprint density at radius 1 is 0.975 bits per heavy atom.